The highest BCUT2D eigenvalue weighted by molar-refractivity contribution is 5.89. The number of hydrogen-bond acceptors (Lipinski definition) is 4. The third kappa shape index (κ3) is 4.41. The van der Waals surface area contributed by atoms with Crippen LogP contribution in [0.3, 0.4) is 0 Å². The van der Waals surface area contributed by atoms with Gasteiger partial charge in [-0.15, -0.1) is 0 Å². The fraction of sp³-hybridized carbons (Fsp3) is 0.368. The van der Waals surface area contributed by atoms with Gasteiger partial charge in [-0.3, -0.25) is 9.59 Å². The van der Waals surface area contributed by atoms with Crippen LogP contribution >= 0.6 is 0 Å². The van der Waals surface area contributed by atoms with Gasteiger partial charge < -0.3 is 19.0 Å². The molecule has 0 aliphatic carbocycles. The van der Waals surface area contributed by atoms with E-state index in [2.05, 4.69) is 0 Å². The average Bonchev–Trinajstić information content (AvgIpc) is 3.26. The molecule has 0 radical (unpaired) electrons. The maximum Gasteiger partial charge on any atom is 0.227 e. The summed E-state index contributed by atoms with van der Waals surface area (Å²) in [5.41, 5.74) is 0. The first-order chi connectivity index (χ1) is 12.1. The third-order valence-corrected chi connectivity index (χ3v) is 4.31. The summed E-state index contributed by atoms with van der Waals surface area (Å²) in [6.07, 6.45) is 1.84. The van der Waals surface area contributed by atoms with E-state index in [0.717, 1.165) is 11.5 Å². The van der Waals surface area contributed by atoms with E-state index in [1.165, 1.54) is 0 Å². The van der Waals surface area contributed by atoms with Gasteiger partial charge in [-0.2, -0.15) is 0 Å². The summed E-state index contributed by atoms with van der Waals surface area (Å²) in [5, 5.41) is 0. The van der Waals surface area contributed by atoms with E-state index >= 15 is 0 Å². The van der Waals surface area contributed by atoms with Crippen LogP contribution in [-0.4, -0.2) is 48.4 Å². The monoisotopic (exact) mass is 342 g/mol. The molecule has 6 nitrogen and oxygen atoms in total. The topological polar surface area (TPSA) is 63.0 Å². The Kier molecular flexibility index (Phi) is 5.38. The predicted molar refractivity (Wildman–Crippen MR) is 91.8 cm³/mol. The number of amides is 2. The normalized spacial score (nSPS) is 16.9. The van der Waals surface area contributed by atoms with Gasteiger partial charge in [0.05, 0.1) is 25.3 Å². The summed E-state index contributed by atoms with van der Waals surface area (Å²) >= 11 is 0. The Morgan fingerprint density at radius 2 is 2.08 bits per heavy atom. The lowest BCUT2D eigenvalue weighted by atomic mass is 10.1. The van der Waals surface area contributed by atoms with E-state index in [4.69, 9.17) is 9.15 Å². The Morgan fingerprint density at radius 1 is 1.28 bits per heavy atom. The maximum atomic E-state index is 12.5. The molecule has 2 aromatic rings. The number of rotatable bonds is 7. The van der Waals surface area contributed by atoms with Gasteiger partial charge in [-0.25, -0.2) is 0 Å². The van der Waals surface area contributed by atoms with Gasteiger partial charge in [0.1, 0.15) is 18.1 Å². The van der Waals surface area contributed by atoms with E-state index in [0.29, 0.717) is 26.2 Å². The Labute approximate surface area is 147 Å². The smallest absolute Gasteiger partial charge is 0.227 e. The highest BCUT2D eigenvalue weighted by Crippen LogP contribution is 2.22. The first-order valence-electron chi connectivity index (χ1n) is 8.36. The van der Waals surface area contributed by atoms with Crippen LogP contribution in [0, 0.1) is 5.92 Å². The number of carbonyl (C=O) groups is 2. The summed E-state index contributed by atoms with van der Waals surface area (Å²) in [7, 11) is 1.75. The fourth-order valence-corrected chi connectivity index (χ4v) is 2.92. The number of likely N-dealkylation sites (tertiary alicyclic amines) is 1. The van der Waals surface area contributed by atoms with Crippen molar-refractivity contribution in [2.24, 2.45) is 5.92 Å². The molecule has 1 saturated heterocycles. The van der Waals surface area contributed by atoms with Crippen molar-refractivity contribution in [3.63, 3.8) is 0 Å². The Morgan fingerprint density at radius 3 is 2.80 bits per heavy atom. The van der Waals surface area contributed by atoms with Crippen molar-refractivity contribution >= 4 is 11.8 Å². The zero-order valence-electron chi connectivity index (χ0n) is 14.3. The second-order valence-corrected chi connectivity index (χ2v) is 6.18. The Balaban J connectivity index is 1.46. The molecule has 0 N–H and O–H groups in total. The number of carbonyl (C=O) groups excluding carboxylic acids is 2. The largest absolute Gasteiger partial charge is 0.492 e. The molecule has 3 rings (SSSR count). The van der Waals surface area contributed by atoms with Gasteiger partial charge in [-0.05, 0) is 24.3 Å². The standard InChI is InChI=1S/C19H22N2O4/c1-20(9-11-25-16-6-3-2-4-7-16)19(23)15-12-18(22)21(13-15)14-17-8-5-10-24-17/h2-8,10,15H,9,11-14H2,1H3. The van der Waals surface area contributed by atoms with Crippen molar-refractivity contribution in [2.45, 2.75) is 13.0 Å². The summed E-state index contributed by atoms with van der Waals surface area (Å²) in [6.45, 7) is 1.75. The number of likely N-dealkylation sites (N-methyl/N-ethyl adjacent to an activating group) is 1. The third-order valence-electron chi connectivity index (χ3n) is 4.31. The molecule has 6 heteroatoms. The first-order valence-corrected chi connectivity index (χ1v) is 8.36. The summed E-state index contributed by atoms with van der Waals surface area (Å²) < 4.78 is 10.9. The molecular weight excluding hydrogens is 320 g/mol. The molecule has 0 bridgehead atoms. The summed E-state index contributed by atoms with van der Waals surface area (Å²) in [4.78, 5) is 28.0. The number of para-hydroxylation sites is 1. The lowest BCUT2D eigenvalue weighted by Gasteiger charge is -2.21. The molecule has 1 aromatic heterocycles. The molecule has 1 unspecified atom stereocenters. The number of hydrogen-bond donors (Lipinski definition) is 0. The first kappa shape index (κ1) is 17.1. The van der Waals surface area contributed by atoms with Crippen LogP contribution in [0.2, 0.25) is 0 Å². The van der Waals surface area contributed by atoms with Crippen molar-refractivity contribution in [3.8, 4) is 5.75 Å². The van der Waals surface area contributed by atoms with E-state index in [9.17, 15) is 9.59 Å². The van der Waals surface area contributed by atoms with Gasteiger partial charge in [0.15, 0.2) is 0 Å². The van der Waals surface area contributed by atoms with Crippen LogP contribution in [0.1, 0.15) is 12.2 Å². The minimum Gasteiger partial charge on any atom is -0.492 e. The van der Waals surface area contributed by atoms with Gasteiger partial charge in [0.2, 0.25) is 11.8 Å². The lowest BCUT2D eigenvalue weighted by molar-refractivity contribution is -0.134. The zero-order chi connectivity index (χ0) is 17.6. The number of nitrogens with zero attached hydrogens (tertiary/aromatic N) is 2. The predicted octanol–water partition coefficient (Wildman–Crippen LogP) is 2.17. The molecule has 1 atom stereocenters. The fourth-order valence-electron chi connectivity index (χ4n) is 2.92. The number of ether oxygens (including phenoxy) is 1. The van der Waals surface area contributed by atoms with E-state index in [-0.39, 0.29) is 24.2 Å². The van der Waals surface area contributed by atoms with Gasteiger partial charge in [0, 0.05) is 20.0 Å². The molecule has 1 aliphatic rings. The Hall–Kier alpha value is -2.76. The number of furan rings is 1. The molecule has 1 aliphatic heterocycles. The Bertz CT molecular complexity index is 699. The van der Waals surface area contributed by atoms with E-state index in [1.807, 2.05) is 36.4 Å². The van der Waals surface area contributed by atoms with Crippen molar-refractivity contribution in [1.82, 2.24) is 9.80 Å². The van der Waals surface area contributed by atoms with Crippen LogP contribution in [0.25, 0.3) is 0 Å². The van der Waals surface area contributed by atoms with E-state index < -0.39 is 0 Å². The number of benzene rings is 1. The maximum absolute atomic E-state index is 12.5. The van der Waals surface area contributed by atoms with Crippen LogP contribution in [-0.2, 0) is 16.1 Å². The van der Waals surface area contributed by atoms with Crippen molar-refractivity contribution in [1.29, 1.82) is 0 Å². The van der Waals surface area contributed by atoms with Crippen LogP contribution in [0.4, 0.5) is 0 Å². The van der Waals surface area contributed by atoms with Crippen molar-refractivity contribution < 1.29 is 18.7 Å². The minimum atomic E-state index is -0.302. The zero-order valence-corrected chi connectivity index (χ0v) is 14.3. The molecule has 1 aromatic carbocycles. The molecule has 0 saturated carbocycles. The average molecular weight is 342 g/mol. The van der Waals surface area contributed by atoms with Crippen LogP contribution in [0.15, 0.2) is 53.1 Å². The quantitative estimate of drug-likeness (QED) is 0.774. The van der Waals surface area contributed by atoms with Crippen molar-refractivity contribution in [3.05, 3.63) is 54.5 Å². The second-order valence-electron chi connectivity index (χ2n) is 6.18. The highest BCUT2D eigenvalue weighted by atomic mass is 16.5. The second kappa shape index (κ2) is 7.88. The SMILES string of the molecule is CN(CCOc1ccccc1)C(=O)C1CC(=O)N(Cc2ccco2)C1. The van der Waals surface area contributed by atoms with Gasteiger partial charge in [0.25, 0.3) is 0 Å². The summed E-state index contributed by atoms with van der Waals surface area (Å²) in [5.74, 6) is 1.18. The highest BCUT2D eigenvalue weighted by Gasteiger charge is 2.35. The van der Waals surface area contributed by atoms with Crippen LogP contribution < -0.4 is 4.74 Å². The van der Waals surface area contributed by atoms with Crippen molar-refractivity contribution in [2.75, 3.05) is 26.7 Å². The molecule has 2 heterocycles. The van der Waals surface area contributed by atoms with E-state index in [1.54, 1.807) is 29.2 Å². The molecule has 1 fully saturated rings. The van der Waals surface area contributed by atoms with Crippen LogP contribution in [0.5, 0.6) is 5.75 Å². The molecular formula is C19H22N2O4. The minimum absolute atomic E-state index is 0.0105. The molecule has 2 amide bonds. The molecule has 132 valence electrons. The molecule has 0 spiro atoms. The molecule has 25 heavy (non-hydrogen) atoms. The van der Waals surface area contributed by atoms with Gasteiger partial charge in [-0.1, -0.05) is 18.2 Å². The lowest BCUT2D eigenvalue weighted by Crippen LogP contribution is -2.37. The summed E-state index contributed by atoms with van der Waals surface area (Å²) in [6, 6.07) is 13.1. The van der Waals surface area contributed by atoms with Gasteiger partial charge >= 0.3 is 0 Å².